The van der Waals surface area contributed by atoms with Gasteiger partial charge >= 0.3 is 0 Å². The summed E-state index contributed by atoms with van der Waals surface area (Å²) in [6.07, 6.45) is 2.97. The third kappa shape index (κ3) is 2.27. The Morgan fingerprint density at radius 3 is 3.00 bits per heavy atom. The molecule has 2 rings (SSSR count). The van der Waals surface area contributed by atoms with Gasteiger partial charge in [-0.15, -0.1) is 0 Å². The Labute approximate surface area is 91.9 Å². The molecule has 2 heterocycles. The lowest BCUT2D eigenvalue weighted by atomic mass is 10.2. The average Bonchev–Trinajstić information content (AvgIpc) is 2.88. The van der Waals surface area contributed by atoms with Gasteiger partial charge in [-0.2, -0.15) is 11.3 Å². The van der Waals surface area contributed by atoms with Crippen LogP contribution in [0.1, 0.15) is 15.9 Å². The monoisotopic (exact) mass is 221 g/mol. The van der Waals surface area contributed by atoms with Crippen LogP contribution >= 0.6 is 11.3 Å². The van der Waals surface area contributed by atoms with Crippen LogP contribution in [0.3, 0.4) is 0 Å². The van der Waals surface area contributed by atoms with Gasteiger partial charge in [0.15, 0.2) is 0 Å². The second kappa shape index (κ2) is 4.31. The summed E-state index contributed by atoms with van der Waals surface area (Å²) in [7, 11) is 1.78. The second-order valence-electron chi connectivity index (χ2n) is 3.30. The van der Waals surface area contributed by atoms with Crippen molar-refractivity contribution < 1.29 is 9.21 Å². The lowest BCUT2D eigenvalue weighted by Crippen LogP contribution is -2.25. The predicted octanol–water partition coefficient (Wildman–Crippen LogP) is 2.61. The van der Waals surface area contributed by atoms with Gasteiger partial charge in [0.05, 0.1) is 11.8 Å². The molecular formula is C11H11NO2S. The van der Waals surface area contributed by atoms with Gasteiger partial charge in [0.2, 0.25) is 0 Å². The summed E-state index contributed by atoms with van der Waals surface area (Å²) in [5.41, 5.74) is 1.74. The van der Waals surface area contributed by atoms with Crippen molar-refractivity contribution >= 4 is 17.2 Å². The summed E-state index contributed by atoms with van der Waals surface area (Å²) in [4.78, 5) is 13.5. The number of hydrogen-bond acceptors (Lipinski definition) is 3. The fraction of sp³-hybridized carbons (Fsp3) is 0.182. The largest absolute Gasteiger partial charge is 0.472 e. The van der Waals surface area contributed by atoms with Gasteiger partial charge in [0.1, 0.15) is 6.26 Å². The molecule has 0 spiro atoms. The van der Waals surface area contributed by atoms with Gasteiger partial charge in [0, 0.05) is 13.6 Å². The first-order valence-electron chi connectivity index (χ1n) is 4.56. The fourth-order valence-corrected chi connectivity index (χ4v) is 1.99. The second-order valence-corrected chi connectivity index (χ2v) is 4.08. The molecule has 15 heavy (non-hydrogen) atoms. The number of furan rings is 1. The van der Waals surface area contributed by atoms with E-state index in [1.165, 1.54) is 12.5 Å². The highest BCUT2D eigenvalue weighted by atomic mass is 32.1. The van der Waals surface area contributed by atoms with E-state index in [9.17, 15) is 4.79 Å². The minimum Gasteiger partial charge on any atom is -0.472 e. The molecule has 0 aliphatic rings. The topological polar surface area (TPSA) is 33.5 Å². The molecule has 0 bridgehead atoms. The number of hydrogen-bond donors (Lipinski definition) is 0. The Hall–Kier alpha value is -1.55. The highest BCUT2D eigenvalue weighted by Gasteiger charge is 2.12. The average molecular weight is 221 g/mol. The summed E-state index contributed by atoms with van der Waals surface area (Å²) in [5, 5.41) is 4.05. The molecule has 0 saturated carbocycles. The van der Waals surface area contributed by atoms with Gasteiger partial charge in [-0.1, -0.05) is 0 Å². The number of amides is 1. The number of nitrogens with zero attached hydrogens (tertiary/aromatic N) is 1. The normalized spacial score (nSPS) is 10.2. The summed E-state index contributed by atoms with van der Waals surface area (Å²) >= 11 is 1.63. The fourth-order valence-electron chi connectivity index (χ4n) is 1.33. The molecule has 4 heteroatoms. The first-order valence-corrected chi connectivity index (χ1v) is 5.50. The van der Waals surface area contributed by atoms with Crippen LogP contribution in [0.4, 0.5) is 0 Å². The Morgan fingerprint density at radius 1 is 1.53 bits per heavy atom. The van der Waals surface area contributed by atoms with Crippen LogP contribution in [0.25, 0.3) is 0 Å². The summed E-state index contributed by atoms with van der Waals surface area (Å²) in [6.45, 7) is 0.632. The van der Waals surface area contributed by atoms with E-state index >= 15 is 0 Å². The van der Waals surface area contributed by atoms with Crippen LogP contribution in [0.2, 0.25) is 0 Å². The maximum absolute atomic E-state index is 11.8. The SMILES string of the molecule is CN(Cc1ccsc1)C(=O)c1ccoc1. The molecule has 2 aromatic heterocycles. The molecule has 78 valence electrons. The maximum Gasteiger partial charge on any atom is 0.257 e. The van der Waals surface area contributed by atoms with Crippen molar-refractivity contribution in [2.45, 2.75) is 6.54 Å². The number of carbonyl (C=O) groups excluding carboxylic acids is 1. The van der Waals surface area contributed by atoms with E-state index in [2.05, 4.69) is 0 Å². The van der Waals surface area contributed by atoms with E-state index in [0.29, 0.717) is 12.1 Å². The molecule has 0 atom stereocenters. The maximum atomic E-state index is 11.8. The Bertz CT molecular complexity index is 419. The standard InChI is InChI=1S/C11H11NO2S/c1-12(6-9-3-5-15-8-9)11(13)10-2-4-14-7-10/h2-5,7-8H,6H2,1H3. The molecule has 0 N–H and O–H groups in total. The van der Waals surface area contributed by atoms with Crippen molar-refractivity contribution in [1.29, 1.82) is 0 Å². The minimum absolute atomic E-state index is 0.0186. The van der Waals surface area contributed by atoms with Gasteiger partial charge in [-0.3, -0.25) is 4.79 Å². The number of rotatable bonds is 3. The van der Waals surface area contributed by atoms with Crippen molar-refractivity contribution in [2.24, 2.45) is 0 Å². The van der Waals surface area contributed by atoms with Crippen LogP contribution < -0.4 is 0 Å². The zero-order valence-electron chi connectivity index (χ0n) is 8.34. The van der Waals surface area contributed by atoms with E-state index in [-0.39, 0.29) is 5.91 Å². The highest BCUT2D eigenvalue weighted by Crippen LogP contribution is 2.11. The first-order chi connectivity index (χ1) is 7.27. The Morgan fingerprint density at radius 2 is 2.40 bits per heavy atom. The summed E-state index contributed by atoms with van der Waals surface area (Å²) in [6, 6.07) is 3.69. The molecule has 0 saturated heterocycles. The van der Waals surface area contributed by atoms with E-state index in [4.69, 9.17) is 4.42 Å². The van der Waals surface area contributed by atoms with Gasteiger partial charge in [0.25, 0.3) is 5.91 Å². The predicted molar refractivity (Wildman–Crippen MR) is 58.8 cm³/mol. The third-order valence-corrected chi connectivity index (χ3v) is 2.85. The summed E-state index contributed by atoms with van der Waals surface area (Å²) < 4.78 is 4.88. The highest BCUT2D eigenvalue weighted by molar-refractivity contribution is 7.07. The molecule has 2 aromatic rings. The van der Waals surface area contributed by atoms with Crippen molar-refractivity contribution in [3.63, 3.8) is 0 Å². The minimum atomic E-state index is -0.0186. The molecule has 3 nitrogen and oxygen atoms in total. The van der Waals surface area contributed by atoms with Gasteiger partial charge in [-0.25, -0.2) is 0 Å². The van der Waals surface area contributed by atoms with E-state index in [1.54, 1.807) is 29.4 Å². The van der Waals surface area contributed by atoms with E-state index in [0.717, 1.165) is 5.56 Å². The van der Waals surface area contributed by atoms with Crippen LogP contribution in [-0.2, 0) is 6.54 Å². The lowest BCUT2D eigenvalue weighted by Gasteiger charge is -2.14. The molecule has 0 unspecified atom stereocenters. The quantitative estimate of drug-likeness (QED) is 0.798. The zero-order valence-corrected chi connectivity index (χ0v) is 9.16. The van der Waals surface area contributed by atoms with Crippen molar-refractivity contribution in [3.05, 3.63) is 46.5 Å². The molecule has 0 aliphatic heterocycles. The third-order valence-electron chi connectivity index (χ3n) is 2.11. The molecule has 0 aliphatic carbocycles. The van der Waals surface area contributed by atoms with E-state index in [1.807, 2.05) is 16.8 Å². The molecule has 0 radical (unpaired) electrons. The van der Waals surface area contributed by atoms with Crippen LogP contribution in [0.15, 0.2) is 39.8 Å². The van der Waals surface area contributed by atoms with Gasteiger partial charge < -0.3 is 9.32 Å². The van der Waals surface area contributed by atoms with Crippen molar-refractivity contribution in [1.82, 2.24) is 4.90 Å². The van der Waals surface area contributed by atoms with Gasteiger partial charge in [-0.05, 0) is 28.5 Å². The smallest absolute Gasteiger partial charge is 0.257 e. The number of thiophene rings is 1. The first kappa shape index (κ1) is 9.98. The van der Waals surface area contributed by atoms with Crippen molar-refractivity contribution in [2.75, 3.05) is 7.05 Å². The van der Waals surface area contributed by atoms with E-state index < -0.39 is 0 Å². The van der Waals surface area contributed by atoms with Crippen LogP contribution in [0, 0.1) is 0 Å². The Kier molecular flexibility index (Phi) is 2.87. The van der Waals surface area contributed by atoms with Crippen molar-refractivity contribution in [3.8, 4) is 0 Å². The molecule has 0 fully saturated rings. The Balaban J connectivity index is 2.03. The summed E-state index contributed by atoms with van der Waals surface area (Å²) in [5.74, 6) is -0.0186. The molecule has 0 aromatic carbocycles. The zero-order chi connectivity index (χ0) is 10.7. The van der Waals surface area contributed by atoms with Crippen LogP contribution in [0.5, 0.6) is 0 Å². The lowest BCUT2D eigenvalue weighted by molar-refractivity contribution is 0.0784. The molecule has 1 amide bonds. The number of carbonyl (C=O) groups is 1. The van der Waals surface area contributed by atoms with Crippen LogP contribution in [-0.4, -0.2) is 17.9 Å². The molecular weight excluding hydrogens is 210 g/mol.